The number of hydrogen-bond donors (Lipinski definition) is 0. The molecule has 0 aromatic carbocycles. The molecule has 1 aromatic heterocycles. The third-order valence-corrected chi connectivity index (χ3v) is 1.61. The van der Waals surface area contributed by atoms with E-state index in [1.54, 1.807) is 0 Å². The highest BCUT2D eigenvalue weighted by atomic mass is 19.1. The van der Waals surface area contributed by atoms with Crippen LogP contribution in [0.4, 0.5) is 4.39 Å². The van der Waals surface area contributed by atoms with Gasteiger partial charge in [0, 0.05) is 5.41 Å². The number of aromatic nitrogens is 2. The molecule has 0 bridgehead atoms. The molecule has 0 saturated carbocycles. The number of nitrogens with zero attached hydrogens (tertiary/aromatic N) is 2. The highest BCUT2D eigenvalue weighted by molar-refractivity contribution is 5.03. The first-order chi connectivity index (χ1) is 5.71. The maximum absolute atomic E-state index is 13.3. The molecular weight excluding hydrogens is 171 g/mol. The van der Waals surface area contributed by atoms with Crippen molar-refractivity contribution in [2.75, 3.05) is 0 Å². The molecule has 0 radical (unpaired) electrons. The first-order valence-electron chi connectivity index (χ1n) is 4.25. The summed E-state index contributed by atoms with van der Waals surface area (Å²) in [6, 6.07) is 0. The van der Waals surface area contributed by atoms with Gasteiger partial charge in [-0.05, 0) is 13.8 Å². The van der Waals surface area contributed by atoms with Crippen molar-refractivity contribution in [3.05, 3.63) is 11.7 Å². The molecule has 0 unspecified atom stereocenters. The molecule has 0 aliphatic heterocycles. The van der Waals surface area contributed by atoms with Crippen molar-refractivity contribution < 1.29 is 8.91 Å². The van der Waals surface area contributed by atoms with E-state index in [0.717, 1.165) is 0 Å². The minimum atomic E-state index is -1.56. The van der Waals surface area contributed by atoms with E-state index in [0.29, 0.717) is 5.82 Å². The summed E-state index contributed by atoms with van der Waals surface area (Å²) in [5, 5.41) is 3.73. The van der Waals surface area contributed by atoms with Crippen molar-refractivity contribution in [3.8, 4) is 0 Å². The highest BCUT2D eigenvalue weighted by Gasteiger charge is 2.29. The first kappa shape index (κ1) is 10.2. The number of alkyl halides is 1. The zero-order valence-electron chi connectivity index (χ0n) is 8.68. The summed E-state index contributed by atoms with van der Waals surface area (Å²) in [5.74, 6) is 0.575. The molecule has 0 spiro atoms. The molecule has 4 heteroatoms. The molecule has 0 aliphatic rings. The van der Waals surface area contributed by atoms with Gasteiger partial charge in [-0.2, -0.15) is 4.98 Å². The minimum absolute atomic E-state index is 0.0393. The summed E-state index contributed by atoms with van der Waals surface area (Å²) in [6.07, 6.45) is 0. The Morgan fingerprint density at radius 1 is 1.15 bits per heavy atom. The lowest BCUT2D eigenvalue weighted by molar-refractivity contribution is 0.155. The average molecular weight is 186 g/mol. The Morgan fingerprint density at radius 2 is 1.69 bits per heavy atom. The first-order valence-corrected chi connectivity index (χ1v) is 4.25. The van der Waals surface area contributed by atoms with Crippen molar-refractivity contribution >= 4 is 0 Å². The van der Waals surface area contributed by atoms with Gasteiger partial charge in [0.25, 0.3) is 5.89 Å². The van der Waals surface area contributed by atoms with Gasteiger partial charge in [-0.3, -0.25) is 0 Å². The van der Waals surface area contributed by atoms with Gasteiger partial charge in [-0.15, -0.1) is 0 Å². The predicted molar refractivity (Wildman–Crippen MR) is 47.1 cm³/mol. The lowest BCUT2D eigenvalue weighted by atomic mass is 9.96. The fourth-order valence-corrected chi connectivity index (χ4v) is 0.770. The Labute approximate surface area is 77.3 Å². The topological polar surface area (TPSA) is 38.9 Å². The summed E-state index contributed by atoms with van der Waals surface area (Å²) in [7, 11) is 0. The average Bonchev–Trinajstić information content (AvgIpc) is 2.28. The van der Waals surface area contributed by atoms with Crippen LogP contribution in [0.25, 0.3) is 0 Å². The molecule has 0 saturated heterocycles. The number of rotatable bonds is 1. The van der Waals surface area contributed by atoms with Gasteiger partial charge in [0.2, 0.25) is 0 Å². The Morgan fingerprint density at radius 3 is 1.92 bits per heavy atom. The monoisotopic (exact) mass is 186 g/mol. The fourth-order valence-electron chi connectivity index (χ4n) is 0.770. The van der Waals surface area contributed by atoms with Gasteiger partial charge < -0.3 is 4.52 Å². The van der Waals surface area contributed by atoms with E-state index >= 15 is 0 Å². The lowest BCUT2D eigenvalue weighted by Crippen LogP contribution is -2.15. The second-order valence-electron chi connectivity index (χ2n) is 4.65. The standard InChI is InChI=1S/C9H15FN2O/c1-8(2,3)6-11-7(13-12-6)9(4,5)10/h1-5H3. The van der Waals surface area contributed by atoms with Crippen molar-refractivity contribution in [1.29, 1.82) is 0 Å². The van der Waals surface area contributed by atoms with Gasteiger partial charge >= 0.3 is 0 Å². The largest absolute Gasteiger partial charge is 0.336 e. The molecule has 0 fully saturated rings. The van der Waals surface area contributed by atoms with E-state index in [1.807, 2.05) is 20.8 Å². The molecule has 1 heterocycles. The van der Waals surface area contributed by atoms with Gasteiger partial charge in [-0.25, -0.2) is 4.39 Å². The second-order valence-corrected chi connectivity index (χ2v) is 4.65. The van der Waals surface area contributed by atoms with Crippen LogP contribution in [0.2, 0.25) is 0 Å². The Balaban J connectivity index is 3.01. The van der Waals surface area contributed by atoms with Gasteiger partial charge in [0.1, 0.15) is 0 Å². The van der Waals surface area contributed by atoms with Crippen molar-refractivity contribution in [1.82, 2.24) is 10.1 Å². The Hall–Kier alpha value is -0.930. The van der Waals surface area contributed by atoms with Crippen molar-refractivity contribution in [3.63, 3.8) is 0 Å². The van der Waals surface area contributed by atoms with Crippen LogP contribution in [0.15, 0.2) is 4.52 Å². The molecule has 13 heavy (non-hydrogen) atoms. The summed E-state index contributed by atoms with van der Waals surface area (Å²) in [5.41, 5.74) is -1.76. The fraction of sp³-hybridized carbons (Fsp3) is 0.778. The maximum Gasteiger partial charge on any atom is 0.263 e. The highest BCUT2D eigenvalue weighted by Crippen LogP contribution is 2.25. The molecular formula is C9H15FN2O. The third-order valence-electron chi connectivity index (χ3n) is 1.61. The molecule has 0 aliphatic carbocycles. The van der Waals surface area contributed by atoms with E-state index in [9.17, 15) is 4.39 Å². The van der Waals surface area contributed by atoms with Crippen LogP contribution in [0.1, 0.15) is 46.3 Å². The van der Waals surface area contributed by atoms with Crippen LogP contribution in [0.5, 0.6) is 0 Å². The van der Waals surface area contributed by atoms with E-state index in [-0.39, 0.29) is 11.3 Å². The SMILES string of the molecule is CC(C)(C)c1noc(C(C)(C)F)n1. The van der Waals surface area contributed by atoms with Crippen molar-refractivity contribution in [2.24, 2.45) is 0 Å². The van der Waals surface area contributed by atoms with E-state index in [4.69, 9.17) is 4.52 Å². The molecule has 1 aromatic rings. The molecule has 3 nitrogen and oxygen atoms in total. The third kappa shape index (κ3) is 2.26. The van der Waals surface area contributed by atoms with Crippen LogP contribution in [-0.4, -0.2) is 10.1 Å². The zero-order chi connectivity index (χ0) is 10.3. The quantitative estimate of drug-likeness (QED) is 0.676. The smallest absolute Gasteiger partial charge is 0.263 e. The number of hydrogen-bond acceptors (Lipinski definition) is 3. The van der Waals surface area contributed by atoms with Crippen molar-refractivity contribution in [2.45, 2.75) is 45.7 Å². The van der Waals surface area contributed by atoms with Gasteiger partial charge in [0.05, 0.1) is 0 Å². The summed E-state index contributed by atoms with van der Waals surface area (Å²) in [4.78, 5) is 4.00. The van der Waals surface area contributed by atoms with E-state index in [2.05, 4.69) is 10.1 Å². The van der Waals surface area contributed by atoms with Crippen LogP contribution < -0.4 is 0 Å². The molecule has 1 rings (SSSR count). The molecule has 74 valence electrons. The summed E-state index contributed by atoms with van der Waals surface area (Å²) < 4.78 is 18.1. The van der Waals surface area contributed by atoms with Gasteiger partial charge in [0.15, 0.2) is 11.5 Å². The Bertz CT molecular complexity index is 265. The molecule has 0 atom stereocenters. The second kappa shape index (κ2) is 2.79. The minimum Gasteiger partial charge on any atom is -0.336 e. The van der Waals surface area contributed by atoms with E-state index < -0.39 is 5.67 Å². The van der Waals surface area contributed by atoms with Crippen LogP contribution in [-0.2, 0) is 11.1 Å². The summed E-state index contributed by atoms with van der Waals surface area (Å²) in [6.45, 7) is 8.65. The Kier molecular flexibility index (Phi) is 2.18. The van der Waals surface area contributed by atoms with E-state index in [1.165, 1.54) is 13.8 Å². The molecule has 0 amide bonds. The normalized spacial score (nSPS) is 13.4. The summed E-state index contributed by atoms with van der Waals surface area (Å²) >= 11 is 0. The predicted octanol–water partition coefficient (Wildman–Crippen LogP) is 2.57. The number of halogens is 1. The van der Waals surface area contributed by atoms with Crippen LogP contribution >= 0.6 is 0 Å². The lowest BCUT2D eigenvalue weighted by Gasteiger charge is -2.11. The zero-order valence-corrected chi connectivity index (χ0v) is 8.68. The van der Waals surface area contributed by atoms with Gasteiger partial charge in [-0.1, -0.05) is 25.9 Å². The van der Waals surface area contributed by atoms with Crippen LogP contribution in [0.3, 0.4) is 0 Å². The van der Waals surface area contributed by atoms with Crippen LogP contribution in [0, 0.1) is 0 Å². The molecule has 0 N–H and O–H groups in total. The maximum atomic E-state index is 13.3.